The van der Waals surface area contributed by atoms with Gasteiger partial charge >= 0.3 is 12.3 Å². The molecule has 3 rings (SSSR count). The van der Waals surface area contributed by atoms with Gasteiger partial charge in [0.05, 0.1) is 11.6 Å². The SMILES string of the molecule is CC(C)(C)OC(=O)N1CC(c2ccc(N3CCC(C(F)(F)F)C3)c(F)c2)C1. The third-order valence-electron chi connectivity index (χ3n) is 4.97. The Bertz CT molecular complexity index is 709. The first-order chi connectivity index (χ1) is 12.4. The summed E-state index contributed by atoms with van der Waals surface area (Å²) in [6, 6.07) is 4.64. The third kappa shape index (κ3) is 4.47. The third-order valence-corrected chi connectivity index (χ3v) is 4.97. The van der Waals surface area contributed by atoms with E-state index in [9.17, 15) is 22.4 Å². The number of carbonyl (C=O) groups excluding carboxylic acids is 1. The van der Waals surface area contributed by atoms with E-state index in [0.29, 0.717) is 13.1 Å². The monoisotopic (exact) mass is 388 g/mol. The number of amides is 1. The molecule has 2 heterocycles. The fraction of sp³-hybridized carbons (Fsp3) is 0.632. The van der Waals surface area contributed by atoms with Gasteiger partial charge < -0.3 is 14.5 Å². The normalized spacial score (nSPS) is 21.4. The number of carbonyl (C=O) groups is 1. The number of alkyl halides is 3. The fourth-order valence-electron chi connectivity index (χ4n) is 3.44. The minimum Gasteiger partial charge on any atom is -0.444 e. The van der Waals surface area contributed by atoms with Gasteiger partial charge in [0.15, 0.2) is 0 Å². The molecule has 1 amide bonds. The lowest BCUT2D eigenvalue weighted by Gasteiger charge is -2.40. The Kier molecular flexibility index (Phi) is 5.03. The summed E-state index contributed by atoms with van der Waals surface area (Å²) in [6.45, 7) is 6.22. The molecule has 0 bridgehead atoms. The molecular weight excluding hydrogens is 364 g/mol. The zero-order chi connectivity index (χ0) is 20.0. The highest BCUT2D eigenvalue weighted by Gasteiger charge is 2.44. The molecule has 2 aliphatic heterocycles. The first-order valence-electron chi connectivity index (χ1n) is 9.03. The standard InChI is InChI=1S/C19H24F4N2O2/c1-18(2,3)27-17(26)25-9-13(10-25)12-4-5-16(15(20)8-12)24-7-6-14(11-24)19(21,22)23/h4-5,8,13-14H,6-7,9-11H2,1-3H3. The molecule has 2 aliphatic rings. The molecule has 0 aromatic heterocycles. The van der Waals surface area contributed by atoms with Crippen molar-refractivity contribution in [2.75, 3.05) is 31.1 Å². The van der Waals surface area contributed by atoms with E-state index >= 15 is 0 Å². The first-order valence-corrected chi connectivity index (χ1v) is 9.03. The predicted octanol–water partition coefficient (Wildman–Crippen LogP) is 4.55. The van der Waals surface area contributed by atoms with Crippen molar-refractivity contribution in [2.45, 2.75) is 44.9 Å². The Morgan fingerprint density at radius 2 is 1.81 bits per heavy atom. The van der Waals surface area contributed by atoms with E-state index < -0.39 is 29.6 Å². The van der Waals surface area contributed by atoms with Gasteiger partial charge in [-0.1, -0.05) is 6.07 Å². The number of nitrogens with zero attached hydrogens (tertiary/aromatic N) is 2. The highest BCUT2D eigenvalue weighted by Crippen LogP contribution is 2.37. The van der Waals surface area contributed by atoms with Crippen LogP contribution in [0.25, 0.3) is 0 Å². The largest absolute Gasteiger partial charge is 0.444 e. The number of halogens is 4. The Morgan fingerprint density at radius 3 is 2.33 bits per heavy atom. The van der Waals surface area contributed by atoms with Gasteiger partial charge in [0.1, 0.15) is 11.4 Å². The van der Waals surface area contributed by atoms with Crippen LogP contribution in [0.2, 0.25) is 0 Å². The molecule has 27 heavy (non-hydrogen) atoms. The molecule has 150 valence electrons. The number of likely N-dealkylation sites (tertiary alicyclic amines) is 1. The molecule has 0 aliphatic carbocycles. The summed E-state index contributed by atoms with van der Waals surface area (Å²) >= 11 is 0. The van der Waals surface area contributed by atoms with Crippen LogP contribution in [-0.2, 0) is 4.74 Å². The second-order valence-electron chi connectivity index (χ2n) is 8.27. The Labute approximate surface area is 156 Å². The quantitative estimate of drug-likeness (QED) is 0.697. The Hall–Kier alpha value is -1.99. The van der Waals surface area contributed by atoms with E-state index in [1.54, 1.807) is 37.8 Å². The number of hydrogen-bond donors (Lipinski definition) is 0. The maximum Gasteiger partial charge on any atom is 0.410 e. The van der Waals surface area contributed by atoms with Gasteiger partial charge in [-0.15, -0.1) is 0 Å². The lowest BCUT2D eigenvalue weighted by molar-refractivity contribution is -0.168. The van der Waals surface area contributed by atoms with Gasteiger partial charge in [-0.3, -0.25) is 0 Å². The van der Waals surface area contributed by atoms with Crippen LogP contribution in [-0.4, -0.2) is 48.9 Å². The van der Waals surface area contributed by atoms with Crippen molar-refractivity contribution < 1.29 is 27.1 Å². The summed E-state index contributed by atoms with van der Waals surface area (Å²) in [7, 11) is 0. The van der Waals surface area contributed by atoms with E-state index in [4.69, 9.17) is 4.74 Å². The predicted molar refractivity (Wildman–Crippen MR) is 93.3 cm³/mol. The van der Waals surface area contributed by atoms with Gasteiger partial charge in [-0.25, -0.2) is 9.18 Å². The summed E-state index contributed by atoms with van der Waals surface area (Å²) in [6.07, 6.45) is -4.66. The molecule has 1 unspecified atom stereocenters. The molecule has 0 saturated carbocycles. The topological polar surface area (TPSA) is 32.8 Å². The summed E-state index contributed by atoms with van der Waals surface area (Å²) < 4.78 is 58.2. The second-order valence-corrected chi connectivity index (χ2v) is 8.27. The van der Waals surface area contributed by atoms with Crippen molar-refractivity contribution in [3.05, 3.63) is 29.6 Å². The number of hydrogen-bond acceptors (Lipinski definition) is 3. The van der Waals surface area contributed by atoms with Crippen LogP contribution in [0.15, 0.2) is 18.2 Å². The molecule has 0 spiro atoms. The Morgan fingerprint density at radius 1 is 1.15 bits per heavy atom. The van der Waals surface area contributed by atoms with E-state index in [1.807, 2.05) is 0 Å². The van der Waals surface area contributed by atoms with E-state index in [2.05, 4.69) is 0 Å². The first kappa shape index (κ1) is 19.8. The van der Waals surface area contributed by atoms with Crippen molar-refractivity contribution in [1.82, 2.24) is 4.90 Å². The lowest BCUT2D eigenvalue weighted by atomic mass is 9.91. The molecule has 1 aromatic carbocycles. The minimum absolute atomic E-state index is 0.00238. The Balaban J connectivity index is 1.60. The van der Waals surface area contributed by atoms with Gasteiger partial charge in [0.25, 0.3) is 0 Å². The van der Waals surface area contributed by atoms with Crippen LogP contribution in [0.3, 0.4) is 0 Å². The zero-order valence-electron chi connectivity index (χ0n) is 15.6. The van der Waals surface area contributed by atoms with Gasteiger partial charge in [0, 0.05) is 32.1 Å². The molecule has 2 fully saturated rings. The summed E-state index contributed by atoms with van der Waals surface area (Å²) in [5, 5.41) is 0. The van der Waals surface area contributed by atoms with Gasteiger partial charge in [-0.2, -0.15) is 13.2 Å². The summed E-state index contributed by atoms with van der Waals surface area (Å²) in [5.74, 6) is -1.93. The van der Waals surface area contributed by atoms with Crippen molar-refractivity contribution in [3.63, 3.8) is 0 Å². The van der Waals surface area contributed by atoms with Crippen LogP contribution >= 0.6 is 0 Å². The minimum atomic E-state index is -4.25. The van der Waals surface area contributed by atoms with Crippen molar-refractivity contribution in [2.24, 2.45) is 5.92 Å². The zero-order valence-corrected chi connectivity index (χ0v) is 15.6. The molecule has 2 saturated heterocycles. The molecule has 1 atom stereocenters. The molecule has 1 aromatic rings. The summed E-state index contributed by atoms with van der Waals surface area (Å²) in [5.41, 5.74) is 0.372. The summed E-state index contributed by atoms with van der Waals surface area (Å²) in [4.78, 5) is 15.0. The average molecular weight is 388 g/mol. The average Bonchev–Trinajstić information content (AvgIpc) is 2.93. The van der Waals surface area contributed by atoms with Crippen molar-refractivity contribution in [1.29, 1.82) is 0 Å². The maximum atomic E-state index is 14.5. The van der Waals surface area contributed by atoms with Crippen LogP contribution in [0.4, 0.5) is 28.0 Å². The van der Waals surface area contributed by atoms with E-state index in [-0.39, 0.29) is 31.1 Å². The molecule has 8 heteroatoms. The van der Waals surface area contributed by atoms with Crippen LogP contribution in [0.5, 0.6) is 0 Å². The molecular formula is C19H24F4N2O2. The second kappa shape index (κ2) is 6.87. The maximum absolute atomic E-state index is 14.5. The van der Waals surface area contributed by atoms with Crippen LogP contribution in [0, 0.1) is 11.7 Å². The highest BCUT2D eigenvalue weighted by atomic mass is 19.4. The van der Waals surface area contributed by atoms with Gasteiger partial charge in [-0.05, 0) is 44.9 Å². The fourth-order valence-corrected chi connectivity index (χ4v) is 3.44. The van der Waals surface area contributed by atoms with E-state index in [1.165, 1.54) is 11.0 Å². The molecule has 4 nitrogen and oxygen atoms in total. The van der Waals surface area contributed by atoms with Crippen molar-refractivity contribution >= 4 is 11.8 Å². The van der Waals surface area contributed by atoms with E-state index in [0.717, 1.165) is 5.56 Å². The van der Waals surface area contributed by atoms with Crippen LogP contribution in [0.1, 0.15) is 38.7 Å². The molecule has 0 N–H and O–H groups in total. The van der Waals surface area contributed by atoms with Crippen LogP contribution < -0.4 is 4.90 Å². The smallest absolute Gasteiger partial charge is 0.410 e. The molecule has 0 radical (unpaired) electrons. The number of anilines is 1. The van der Waals surface area contributed by atoms with Crippen molar-refractivity contribution in [3.8, 4) is 0 Å². The number of benzene rings is 1. The lowest BCUT2D eigenvalue weighted by Crippen LogP contribution is -2.50. The van der Waals surface area contributed by atoms with Gasteiger partial charge in [0.2, 0.25) is 0 Å². The number of rotatable bonds is 2. The highest BCUT2D eigenvalue weighted by molar-refractivity contribution is 5.69. The number of ether oxygens (including phenoxy) is 1.